The number of aliphatic hydroxyl groups excluding tert-OH is 1. The van der Waals surface area contributed by atoms with E-state index >= 15 is 0 Å². The summed E-state index contributed by atoms with van der Waals surface area (Å²) in [4.78, 5) is 2.20. The van der Waals surface area contributed by atoms with Crippen LogP contribution < -0.4 is 10.2 Å². The minimum absolute atomic E-state index is 0.0518. The van der Waals surface area contributed by atoms with E-state index in [0.29, 0.717) is 0 Å². The van der Waals surface area contributed by atoms with Crippen LogP contribution in [0, 0.1) is 0 Å². The maximum absolute atomic E-state index is 9.44. The molecule has 3 nitrogen and oxygen atoms in total. The highest BCUT2D eigenvalue weighted by molar-refractivity contribution is 9.10. The van der Waals surface area contributed by atoms with Crippen LogP contribution in [-0.4, -0.2) is 24.2 Å². The second kappa shape index (κ2) is 3.93. The van der Waals surface area contributed by atoms with Crippen molar-refractivity contribution in [2.24, 2.45) is 0 Å². The highest BCUT2D eigenvalue weighted by Gasteiger charge is 2.29. The molecule has 2 N–H and O–H groups in total. The molecule has 1 aromatic carbocycles. The van der Waals surface area contributed by atoms with Gasteiger partial charge in [0, 0.05) is 29.2 Å². The van der Waals surface area contributed by atoms with Crippen LogP contribution in [0.15, 0.2) is 16.6 Å². The van der Waals surface area contributed by atoms with Crippen LogP contribution in [0.2, 0.25) is 0 Å². The van der Waals surface area contributed by atoms with Gasteiger partial charge in [0.2, 0.25) is 0 Å². The van der Waals surface area contributed by atoms with Crippen LogP contribution in [0.4, 0.5) is 11.4 Å². The molecule has 4 heteroatoms. The van der Waals surface area contributed by atoms with Gasteiger partial charge in [0.15, 0.2) is 0 Å². The van der Waals surface area contributed by atoms with Gasteiger partial charge in [-0.2, -0.15) is 0 Å². The lowest BCUT2D eigenvalue weighted by atomic mass is 9.98. The molecule has 0 amide bonds. The molecule has 16 heavy (non-hydrogen) atoms. The van der Waals surface area contributed by atoms with Crippen LogP contribution in [-0.2, 0) is 6.61 Å². The van der Waals surface area contributed by atoms with Crippen molar-refractivity contribution in [1.82, 2.24) is 0 Å². The van der Waals surface area contributed by atoms with Crippen molar-refractivity contribution in [3.8, 4) is 0 Å². The Kier molecular flexibility index (Phi) is 2.88. The van der Waals surface area contributed by atoms with E-state index in [1.54, 1.807) is 0 Å². The quantitative estimate of drug-likeness (QED) is 0.832. The summed E-state index contributed by atoms with van der Waals surface area (Å²) >= 11 is 3.48. The smallest absolute Gasteiger partial charge is 0.0714 e. The lowest BCUT2D eigenvalue weighted by Gasteiger charge is -2.41. The summed E-state index contributed by atoms with van der Waals surface area (Å²) < 4.78 is 0.960. The summed E-state index contributed by atoms with van der Waals surface area (Å²) in [5, 5.41) is 12.9. The summed E-state index contributed by atoms with van der Waals surface area (Å²) in [5.41, 5.74) is 3.19. The lowest BCUT2D eigenvalue weighted by molar-refractivity contribution is 0.281. The van der Waals surface area contributed by atoms with Crippen molar-refractivity contribution >= 4 is 27.3 Å². The van der Waals surface area contributed by atoms with E-state index in [1.807, 2.05) is 6.07 Å². The number of benzene rings is 1. The van der Waals surface area contributed by atoms with Gasteiger partial charge >= 0.3 is 0 Å². The molecule has 0 bridgehead atoms. The number of hydrogen-bond acceptors (Lipinski definition) is 3. The molecular formula is C12H17BrN2O. The number of halogens is 1. The molecule has 0 saturated heterocycles. The first kappa shape index (κ1) is 11.7. The fourth-order valence-electron chi connectivity index (χ4n) is 2.38. The van der Waals surface area contributed by atoms with Crippen molar-refractivity contribution in [3.05, 3.63) is 22.2 Å². The van der Waals surface area contributed by atoms with Crippen LogP contribution in [0.25, 0.3) is 0 Å². The first-order chi connectivity index (χ1) is 7.44. The van der Waals surface area contributed by atoms with E-state index in [1.165, 1.54) is 0 Å². The monoisotopic (exact) mass is 284 g/mol. The predicted molar refractivity (Wildman–Crippen MR) is 71.0 cm³/mol. The molecule has 1 heterocycles. The van der Waals surface area contributed by atoms with E-state index < -0.39 is 0 Å². The second-order valence-electron chi connectivity index (χ2n) is 4.95. The molecule has 0 atom stereocenters. The molecule has 0 fully saturated rings. The number of fused-ring (bicyclic) bond motifs is 1. The third kappa shape index (κ3) is 1.92. The number of hydrogen-bond donors (Lipinski definition) is 2. The molecule has 0 spiro atoms. The van der Waals surface area contributed by atoms with Gasteiger partial charge in [0.1, 0.15) is 0 Å². The fraction of sp³-hybridized carbons (Fsp3) is 0.500. The molecule has 0 radical (unpaired) electrons. The number of nitrogens with one attached hydrogen (secondary N) is 1. The minimum Gasteiger partial charge on any atom is -0.392 e. The highest BCUT2D eigenvalue weighted by atomic mass is 79.9. The average molecular weight is 285 g/mol. The average Bonchev–Trinajstić information content (AvgIpc) is 2.17. The summed E-state index contributed by atoms with van der Waals surface area (Å²) in [6, 6.07) is 4.03. The standard InChI is InChI=1S/C12H17BrN2O/c1-12(2)7-15(3)11-8(6-16)9(13)4-5-10(11)14-12/h4-5,14,16H,6-7H2,1-3H3. The number of anilines is 2. The third-order valence-corrected chi connectivity index (χ3v) is 3.61. The topological polar surface area (TPSA) is 35.5 Å². The minimum atomic E-state index is 0.0518. The fourth-order valence-corrected chi connectivity index (χ4v) is 2.82. The molecule has 0 aliphatic carbocycles. The van der Waals surface area contributed by atoms with E-state index in [2.05, 4.69) is 53.1 Å². The Bertz CT molecular complexity index is 418. The highest BCUT2D eigenvalue weighted by Crippen LogP contribution is 2.39. The van der Waals surface area contributed by atoms with Gasteiger partial charge in [-0.05, 0) is 26.0 Å². The normalized spacial score (nSPS) is 17.9. The van der Waals surface area contributed by atoms with Crippen LogP contribution in [0.5, 0.6) is 0 Å². The van der Waals surface area contributed by atoms with Gasteiger partial charge in [-0.1, -0.05) is 15.9 Å². The molecule has 1 aliphatic rings. The Balaban J connectivity index is 2.56. The summed E-state index contributed by atoms with van der Waals surface area (Å²) in [7, 11) is 2.06. The molecular weight excluding hydrogens is 268 g/mol. The van der Waals surface area contributed by atoms with Crippen molar-refractivity contribution in [2.45, 2.75) is 26.0 Å². The second-order valence-corrected chi connectivity index (χ2v) is 5.80. The molecule has 88 valence electrons. The van der Waals surface area contributed by atoms with Gasteiger partial charge in [-0.25, -0.2) is 0 Å². The molecule has 2 rings (SSSR count). The zero-order valence-electron chi connectivity index (χ0n) is 9.84. The van der Waals surface area contributed by atoms with Gasteiger partial charge < -0.3 is 15.3 Å². The Morgan fingerprint density at radius 2 is 2.19 bits per heavy atom. The largest absolute Gasteiger partial charge is 0.392 e. The molecule has 0 aromatic heterocycles. The number of aliphatic hydroxyl groups is 1. The van der Waals surface area contributed by atoms with E-state index in [-0.39, 0.29) is 12.1 Å². The first-order valence-corrected chi connectivity index (χ1v) is 6.15. The number of nitrogens with zero attached hydrogens (tertiary/aromatic N) is 1. The Morgan fingerprint density at radius 1 is 1.50 bits per heavy atom. The Labute approximate surface area is 105 Å². The summed E-state index contributed by atoms with van der Waals surface area (Å²) in [6.07, 6.45) is 0. The van der Waals surface area contributed by atoms with Gasteiger partial charge in [0.25, 0.3) is 0 Å². The van der Waals surface area contributed by atoms with Crippen LogP contribution >= 0.6 is 15.9 Å². The lowest BCUT2D eigenvalue weighted by Crippen LogP contribution is -2.47. The molecule has 0 saturated carbocycles. The summed E-state index contributed by atoms with van der Waals surface area (Å²) in [6.45, 7) is 5.32. The van der Waals surface area contributed by atoms with Gasteiger partial charge in [0.05, 0.1) is 18.0 Å². The van der Waals surface area contributed by atoms with Crippen molar-refractivity contribution in [3.63, 3.8) is 0 Å². The van der Waals surface area contributed by atoms with E-state index in [9.17, 15) is 5.11 Å². The third-order valence-electron chi connectivity index (χ3n) is 2.87. The number of likely N-dealkylation sites (N-methyl/N-ethyl adjacent to an activating group) is 1. The van der Waals surface area contributed by atoms with Crippen molar-refractivity contribution < 1.29 is 5.11 Å². The first-order valence-electron chi connectivity index (χ1n) is 5.36. The van der Waals surface area contributed by atoms with Crippen LogP contribution in [0.3, 0.4) is 0 Å². The van der Waals surface area contributed by atoms with E-state index in [4.69, 9.17) is 0 Å². The van der Waals surface area contributed by atoms with Crippen molar-refractivity contribution in [1.29, 1.82) is 0 Å². The Hall–Kier alpha value is -0.740. The van der Waals surface area contributed by atoms with Gasteiger partial charge in [-0.15, -0.1) is 0 Å². The maximum Gasteiger partial charge on any atom is 0.0714 e. The van der Waals surface area contributed by atoms with Crippen molar-refractivity contribution in [2.75, 3.05) is 23.8 Å². The molecule has 1 aromatic rings. The van der Waals surface area contributed by atoms with Crippen LogP contribution in [0.1, 0.15) is 19.4 Å². The maximum atomic E-state index is 9.44. The Morgan fingerprint density at radius 3 is 2.81 bits per heavy atom. The molecule has 0 unspecified atom stereocenters. The molecule has 1 aliphatic heterocycles. The van der Waals surface area contributed by atoms with Gasteiger partial charge in [-0.3, -0.25) is 0 Å². The predicted octanol–water partition coefficient (Wildman–Crippen LogP) is 2.58. The number of rotatable bonds is 1. The summed E-state index contributed by atoms with van der Waals surface area (Å²) in [5.74, 6) is 0. The zero-order chi connectivity index (χ0) is 11.9. The van der Waals surface area contributed by atoms with E-state index in [0.717, 1.165) is 28.0 Å². The SMILES string of the molecule is CN1CC(C)(C)Nc2ccc(Br)c(CO)c21. The zero-order valence-corrected chi connectivity index (χ0v) is 11.4.